The lowest BCUT2D eigenvalue weighted by Crippen LogP contribution is -2.50. The van der Waals surface area contributed by atoms with E-state index in [0.717, 1.165) is 25.9 Å². The molecule has 0 aromatic heterocycles. The highest BCUT2D eigenvalue weighted by atomic mass is 15.2. The number of hydrogen-bond donors (Lipinski definition) is 0. The van der Waals surface area contributed by atoms with Crippen LogP contribution in [0.3, 0.4) is 0 Å². The van der Waals surface area contributed by atoms with E-state index in [0.29, 0.717) is 12.0 Å². The number of hydrogen-bond acceptors (Lipinski definition) is 2. The molecule has 0 unspecified atom stereocenters. The number of nitrogens with zero attached hydrogens (tertiary/aromatic N) is 4. The zero-order valence-electron chi connectivity index (χ0n) is 15.0. The summed E-state index contributed by atoms with van der Waals surface area (Å²) in [5.41, 5.74) is 11.2. The largest absolute Gasteiger partial charge is 0.292 e. The number of rotatable bonds is 7. The molecule has 25 heavy (non-hydrogen) atoms. The molecule has 1 saturated carbocycles. The maximum absolute atomic E-state index is 8.78. The van der Waals surface area contributed by atoms with Crippen LogP contribution in [0.15, 0.2) is 65.8 Å². The van der Waals surface area contributed by atoms with Gasteiger partial charge in [0, 0.05) is 29.6 Å². The van der Waals surface area contributed by atoms with E-state index >= 15 is 0 Å². The summed E-state index contributed by atoms with van der Waals surface area (Å²) in [6.45, 7) is 6.00. The van der Waals surface area contributed by atoms with E-state index < -0.39 is 0 Å². The summed E-state index contributed by atoms with van der Waals surface area (Å²) in [5.74, 6) is 0.461. The molecule has 1 aliphatic carbocycles. The van der Waals surface area contributed by atoms with Crippen molar-refractivity contribution >= 4 is 0 Å². The molecular formula is C21H26N4. The Hall–Kier alpha value is -2.29. The second-order valence-electron chi connectivity index (χ2n) is 7.54. The summed E-state index contributed by atoms with van der Waals surface area (Å²) < 4.78 is 0. The molecule has 2 aromatic rings. The first kappa shape index (κ1) is 17.5. The minimum absolute atomic E-state index is 0.295. The number of azide groups is 1. The fraction of sp³-hybridized carbons (Fsp3) is 0.429. The summed E-state index contributed by atoms with van der Waals surface area (Å²) in [6, 6.07) is 21.8. The van der Waals surface area contributed by atoms with Crippen LogP contribution in [0.4, 0.5) is 0 Å². The third kappa shape index (κ3) is 4.41. The predicted octanol–water partition coefficient (Wildman–Crippen LogP) is 5.56. The molecular weight excluding hydrogens is 308 g/mol. The smallest absolute Gasteiger partial charge is 0.0461 e. The van der Waals surface area contributed by atoms with Gasteiger partial charge in [-0.1, -0.05) is 79.6 Å². The van der Waals surface area contributed by atoms with Gasteiger partial charge in [-0.2, -0.15) is 0 Å². The Labute approximate surface area is 150 Å². The van der Waals surface area contributed by atoms with E-state index in [-0.39, 0.29) is 5.54 Å². The Kier molecular flexibility index (Phi) is 5.42. The SMILES string of the molecule is CC(C)(N=[N+]=[N-])C1CC(N(Cc2ccccc2)Cc2ccccc2)C1. The monoisotopic (exact) mass is 334 g/mol. The van der Waals surface area contributed by atoms with Crippen molar-refractivity contribution in [2.24, 2.45) is 11.0 Å². The van der Waals surface area contributed by atoms with Gasteiger partial charge in [0.25, 0.3) is 0 Å². The molecule has 4 heteroatoms. The fourth-order valence-electron chi connectivity index (χ4n) is 3.61. The van der Waals surface area contributed by atoms with Gasteiger partial charge < -0.3 is 0 Å². The topological polar surface area (TPSA) is 52.0 Å². The minimum atomic E-state index is -0.295. The van der Waals surface area contributed by atoms with Crippen LogP contribution in [0.5, 0.6) is 0 Å². The van der Waals surface area contributed by atoms with Gasteiger partial charge in [-0.15, -0.1) is 0 Å². The van der Waals surface area contributed by atoms with E-state index in [9.17, 15) is 0 Å². The lowest BCUT2D eigenvalue weighted by molar-refractivity contribution is 0.0347. The maximum atomic E-state index is 8.78. The van der Waals surface area contributed by atoms with Gasteiger partial charge in [0.2, 0.25) is 0 Å². The average Bonchev–Trinajstić information content (AvgIpc) is 2.55. The molecule has 0 aliphatic heterocycles. The molecule has 0 radical (unpaired) electrons. The van der Waals surface area contributed by atoms with Crippen molar-refractivity contribution < 1.29 is 0 Å². The molecule has 0 heterocycles. The zero-order valence-corrected chi connectivity index (χ0v) is 15.0. The highest BCUT2D eigenvalue weighted by molar-refractivity contribution is 5.18. The molecule has 0 amide bonds. The van der Waals surface area contributed by atoms with Crippen LogP contribution >= 0.6 is 0 Å². The summed E-state index contributed by atoms with van der Waals surface area (Å²) >= 11 is 0. The van der Waals surface area contributed by atoms with Gasteiger partial charge in [-0.05, 0) is 35.4 Å². The Balaban J connectivity index is 1.70. The Morgan fingerprint density at radius 2 is 1.44 bits per heavy atom. The van der Waals surface area contributed by atoms with Crippen molar-refractivity contribution in [3.05, 3.63) is 82.2 Å². The Bertz CT molecular complexity index is 673. The summed E-state index contributed by atoms with van der Waals surface area (Å²) in [4.78, 5) is 5.59. The molecule has 1 aliphatic rings. The second-order valence-corrected chi connectivity index (χ2v) is 7.54. The van der Waals surface area contributed by atoms with E-state index in [1.54, 1.807) is 0 Å². The first-order valence-electron chi connectivity index (χ1n) is 8.96. The van der Waals surface area contributed by atoms with E-state index in [2.05, 4.69) is 75.6 Å². The molecule has 3 rings (SSSR count). The van der Waals surface area contributed by atoms with Crippen molar-refractivity contribution in [3.63, 3.8) is 0 Å². The molecule has 0 atom stereocenters. The highest BCUT2D eigenvalue weighted by Gasteiger charge is 2.41. The Morgan fingerprint density at radius 3 is 1.88 bits per heavy atom. The zero-order chi connectivity index (χ0) is 17.7. The van der Waals surface area contributed by atoms with Crippen LogP contribution in [0.2, 0.25) is 0 Å². The van der Waals surface area contributed by atoms with Crippen molar-refractivity contribution in [2.75, 3.05) is 0 Å². The molecule has 1 fully saturated rings. The Morgan fingerprint density at radius 1 is 0.960 bits per heavy atom. The van der Waals surface area contributed by atoms with Crippen molar-refractivity contribution in [2.45, 2.75) is 51.4 Å². The van der Waals surface area contributed by atoms with Gasteiger partial charge in [0.05, 0.1) is 0 Å². The first-order valence-corrected chi connectivity index (χ1v) is 8.96. The second kappa shape index (κ2) is 7.73. The lowest BCUT2D eigenvalue weighted by atomic mass is 9.69. The van der Waals surface area contributed by atoms with Crippen LogP contribution in [0.25, 0.3) is 10.4 Å². The molecule has 0 N–H and O–H groups in total. The standard InChI is InChI=1S/C21H26N4/c1-21(2,23-24-22)19-13-20(14-19)25(15-17-9-5-3-6-10-17)16-18-11-7-4-8-12-18/h3-12,19-20H,13-16H2,1-2H3. The number of benzene rings is 2. The normalized spacial score (nSPS) is 20.0. The van der Waals surface area contributed by atoms with E-state index in [1.807, 2.05) is 13.8 Å². The van der Waals surface area contributed by atoms with Crippen LogP contribution < -0.4 is 0 Å². The van der Waals surface area contributed by atoms with Crippen LogP contribution in [-0.4, -0.2) is 16.5 Å². The summed E-state index contributed by atoms with van der Waals surface area (Å²) in [6.07, 6.45) is 2.18. The third-order valence-electron chi connectivity index (χ3n) is 5.39. The summed E-state index contributed by atoms with van der Waals surface area (Å²) in [7, 11) is 0. The van der Waals surface area contributed by atoms with Crippen LogP contribution in [-0.2, 0) is 13.1 Å². The average molecular weight is 334 g/mol. The predicted molar refractivity (Wildman–Crippen MR) is 102 cm³/mol. The highest BCUT2D eigenvalue weighted by Crippen LogP contribution is 2.42. The van der Waals surface area contributed by atoms with Crippen LogP contribution in [0, 0.1) is 5.92 Å². The van der Waals surface area contributed by atoms with Gasteiger partial charge in [0.1, 0.15) is 0 Å². The van der Waals surface area contributed by atoms with Gasteiger partial charge in [0.15, 0.2) is 0 Å². The van der Waals surface area contributed by atoms with Crippen molar-refractivity contribution in [1.29, 1.82) is 0 Å². The van der Waals surface area contributed by atoms with Crippen molar-refractivity contribution in [3.8, 4) is 0 Å². The lowest BCUT2D eigenvalue weighted by Gasteiger charge is -2.48. The molecule has 130 valence electrons. The van der Waals surface area contributed by atoms with Gasteiger partial charge in [-0.25, -0.2) is 0 Å². The van der Waals surface area contributed by atoms with E-state index in [1.165, 1.54) is 11.1 Å². The minimum Gasteiger partial charge on any atom is -0.292 e. The maximum Gasteiger partial charge on any atom is 0.0461 e. The van der Waals surface area contributed by atoms with Gasteiger partial charge in [-0.3, -0.25) is 4.90 Å². The fourth-order valence-corrected chi connectivity index (χ4v) is 3.61. The first-order chi connectivity index (χ1) is 12.1. The van der Waals surface area contributed by atoms with E-state index in [4.69, 9.17) is 5.53 Å². The molecule has 2 aromatic carbocycles. The van der Waals surface area contributed by atoms with Crippen LogP contribution in [0.1, 0.15) is 37.8 Å². The van der Waals surface area contributed by atoms with Gasteiger partial charge >= 0.3 is 0 Å². The molecule has 0 saturated heterocycles. The summed E-state index contributed by atoms with van der Waals surface area (Å²) in [5, 5.41) is 4.00. The third-order valence-corrected chi connectivity index (χ3v) is 5.39. The molecule has 4 nitrogen and oxygen atoms in total. The van der Waals surface area contributed by atoms with Crippen molar-refractivity contribution in [1.82, 2.24) is 4.90 Å². The quantitative estimate of drug-likeness (QED) is 0.372. The molecule has 0 bridgehead atoms. The molecule has 0 spiro atoms.